The molecule has 0 bridgehead atoms. The monoisotopic (exact) mass is 201 g/mol. The lowest BCUT2D eigenvalue weighted by atomic mass is 9.95. The van der Waals surface area contributed by atoms with Crippen molar-refractivity contribution in [1.29, 1.82) is 0 Å². The molecule has 1 unspecified atom stereocenters. The van der Waals surface area contributed by atoms with Crippen LogP contribution in [-0.4, -0.2) is 50.0 Å². The Kier molecular flexibility index (Phi) is 6.15. The van der Waals surface area contributed by atoms with Crippen LogP contribution in [0.5, 0.6) is 0 Å². The molecule has 1 heterocycles. The quantitative estimate of drug-likeness (QED) is 0.654. The van der Waals surface area contributed by atoms with Crippen molar-refractivity contribution in [1.82, 2.24) is 4.90 Å². The highest BCUT2D eigenvalue weighted by molar-refractivity contribution is 4.72. The van der Waals surface area contributed by atoms with Crippen molar-refractivity contribution >= 4 is 0 Å². The lowest BCUT2D eigenvalue weighted by molar-refractivity contribution is 0.127. The average molecular weight is 201 g/mol. The maximum atomic E-state index is 8.88. The van der Waals surface area contributed by atoms with E-state index >= 15 is 0 Å². The van der Waals surface area contributed by atoms with Gasteiger partial charge in [0.15, 0.2) is 0 Å². The maximum absolute atomic E-state index is 8.88. The van der Waals surface area contributed by atoms with Crippen molar-refractivity contribution in [3.05, 3.63) is 0 Å². The lowest BCUT2D eigenvalue weighted by Gasteiger charge is -2.32. The molecule has 84 valence electrons. The molecule has 0 aromatic carbocycles. The fraction of sp³-hybridized carbons (Fsp3) is 1.00. The minimum Gasteiger partial charge on any atom is -0.396 e. The molecule has 1 aliphatic rings. The van der Waals surface area contributed by atoms with Crippen LogP contribution < -0.4 is 0 Å². The Morgan fingerprint density at radius 2 is 2.36 bits per heavy atom. The Bertz CT molecular complexity index is 139. The van der Waals surface area contributed by atoms with Crippen molar-refractivity contribution in [2.24, 2.45) is 5.92 Å². The van der Waals surface area contributed by atoms with E-state index in [0.29, 0.717) is 6.61 Å². The van der Waals surface area contributed by atoms with Crippen LogP contribution in [0.25, 0.3) is 0 Å². The topological polar surface area (TPSA) is 32.7 Å². The Morgan fingerprint density at radius 1 is 1.50 bits per heavy atom. The molecule has 1 atom stereocenters. The van der Waals surface area contributed by atoms with Crippen LogP contribution in [-0.2, 0) is 4.74 Å². The second-order valence-electron chi connectivity index (χ2n) is 4.17. The molecule has 3 nitrogen and oxygen atoms in total. The second kappa shape index (κ2) is 7.21. The lowest BCUT2D eigenvalue weighted by Crippen LogP contribution is -2.36. The zero-order valence-corrected chi connectivity index (χ0v) is 9.24. The van der Waals surface area contributed by atoms with Gasteiger partial charge in [0.05, 0.1) is 0 Å². The van der Waals surface area contributed by atoms with Gasteiger partial charge >= 0.3 is 0 Å². The highest BCUT2D eigenvalue weighted by atomic mass is 16.5. The van der Waals surface area contributed by atoms with Gasteiger partial charge in [0.2, 0.25) is 0 Å². The number of aliphatic hydroxyl groups excluding tert-OH is 1. The van der Waals surface area contributed by atoms with Crippen LogP contribution >= 0.6 is 0 Å². The normalized spacial score (nSPS) is 24.0. The first-order chi connectivity index (χ1) is 6.86. The molecule has 0 radical (unpaired) electrons. The zero-order chi connectivity index (χ0) is 10.2. The molecule has 1 fully saturated rings. The van der Waals surface area contributed by atoms with E-state index in [1.165, 1.54) is 25.9 Å². The standard InChI is InChI=1S/C11H23NO2/c1-14-9-3-7-12-6-2-4-11(10-12)5-8-13/h11,13H,2-10H2,1H3. The van der Waals surface area contributed by atoms with Crippen molar-refractivity contribution in [3.8, 4) is 0 Å². The van der Waals surface area contributed by atoms with Gasteiger partial charge in [0, 0.05) is 33.4 Å². The molecule has 14 heavy (non-hydrogen) atoms. The van der Waals surface area contributed by atoms with Gasteiger partial charge in [-0.2, -0.15) is 0 Å². The Balaban J connectivity index is 2.12. The fourth-order valence-electron chi connectivity index (χ4n) is 2.21. The molecular formula is C11H23NO2. The van der Waals surface area contributed by atoms with Gasteiger partial charge in [-0.1, -0.05) is 0 Å². The van der Waals surface area contributed by atoms with E-state index in [2.05, 4.69) is 4.90 Å². The Morgan fingerprint density at radius 3 is 3.07 bits per heavy atom. The predicted octanol–water partition coefficient (Wildman–Crippen LogP) is 1.12. The smallest absolute Gasteiger partial charge is 0.0474 e. The number of likely N-dealkylation sites (tertiary alicyclic amines) is 1. The number of piperidine rings is 1. The molecule has 3 heteroatoms. The molecule has 1 rings (SSSR count). The van der Waals surface area contributed by atoms with Gasteiger partial charge in [-0.3, -0.25) is 0 Å². The number of rotatable bonds is 6. The van der Waals surface area contributed by atoms with Gasteiger partial charge in [0.25, 0.3) is 0 Å². The third-order valence-corrected chi connectivity index (χ3v) is 2.96. The van der Waals surface area contributed by atoms with Crippen molar-refractivity contribution < 1.29 is 9.84 Å². The molecule has 0 aliphatic carbocycles. The van der Waals surface area contributed by atoms with Gasteiger partial charge < -0.3 is 14.7 Å². The number of hydrogen-bond donors (Lipinski definition) is 1. The molecular weight excluding hydrogens is 178 g/mol. The van der Waals surface area contributed by atoms with E-state index in [4.69, 9.17) is 9.84 Å². The minimum atomic E-state index is 0.344. The van der Waals surface area contributed by atoms with Crippen molar-refractivity contribution in [2.75, 3.05) is 40.0 Å². The van der Waals surface area contributed by atoms with Gasteiger partial charge in [-0.15, -0.1) is 0 Å². The molecule has 0 spiro atoms. The highest BCUT2D eigenvalue weighted by Gasteiger charge is 2.18. The van der Waals surface area contributed by atoms with Crippen molar-refractivity contribution in [2.45, 2.75) is 25.7 Å². The summed E-state index contributed by atoms with van der Waals surface area (Å²) in [5.74, 6) is 0.719. The fourth-order valence-corrected chi connectivity index (χ4v) is 2.21. The summed E-state index contributed by atoms with van der Waals surface area (Å²) in [6, 6.07) is 0. The van der Waals surface area contributed by atoms with E-state index in [1.54, 1.807) is 7.11 Å². The SMILES string of the molecule is COCCCN1CCCC(CCO)C1. The van der Waals surface area contributed by atoms with E-state index in [-0.39, 0.29) is 0 Å². The first kappa shape index (κ1) is 12.0. The van der Waals surface area contributed by atoms with E-state index < -0.39 is 0 Å². The molecule has 0 aromatic heterocycles. The number of hydrogen-bond acceptors (Lipinski definition) is 3. The maximum Gasteiger partial charge on any atom is 0.0474 e. The summed E-state index contributed by atoms with van der Waals surface area (Å²) in [6.45, 7) is 4.75. The zero-order valence-electron chi connectivity index (χ0n) is 9.24. The van der Waals surface area contributed by atoms with Crippen LogP contribution in [0.2, 0.25) is 0 Å². The van der Waals surface area contributed by atoms with Crippen LogP contribution in [0, 0.1) is 5.92 Å². The Hall–Kier alpha value is -0.120. The van der Waals surface area contributed by atoms with E-state index in [9.17, 15) is 0 Å². The van der Waals surface area contributed by atoms with Gasteiger partial charge in [-0.25, -0.2) is 0 Å². The summed E-state index contributed by atoms with van der Waals surface area (Å²) in [6.07, 6.45) is 4.68. The Labute approximate surface area is 87.1 Å². The van der Waals surface area contributed by atoms with Crippen molar-refractivity contribution in [3.63, 3.8) is 0 Å². The van der Waals surface area contributed by atoms with Crippen LogP contribution in [0.3, 0.4) is 0 Å². The van der Waals surface area contributed by atoms with Gasteiger partial charge in [-0.05, 0) is 38.1 Å². The number of nitrogens with zero attached hydrogens (tertiary/aromatic N) is 1. The average Bonchev–Trinajstić information content (AvgIpc) is 2.19. The number of ether oxygens (including phenoxy) is 1. The molecule has 0 amide bonds. The first-order valence-corrected chi connectivity index (χ1v) is 5.69. The molecule has 1 aliphatic heterocycles. The van der Waals surface area contributed by atoms with Crippen LogP contribution in [0.15, 0.2) is 0 Å². The number of aliphatic hydroxyl groups is 1. The van der Waals surface area contributed by atoms with E-state index in [1.807, 2.05) is 0 Å². The van der Waals surface area contributed by atoms with Crippen LogP contribution in [0.4, 0.5) is 0 Å². The molecule has 1 N–H and O–H groups in total. The summed E-state index contributed by atoms with van der Waals surface area (Å²) in [5.41, 5.74) is 0. The van der Waals surface area contributed by atoms with Gasteiger partial charge in [0.1, 0.15) is 0 Å². The first-order valence-electron chi connectivity index (χ1n) is 5.69. The summed E-state index contributed by atoms with van der Waals surface area (Å²) < 4.78 is 5.04. The molecule has 1 saturated heterocycles. The largest absolute Gasteiger partial charge is 0.396 e. The number of methoxy groups -OCH3 is 1. The summed E-state index contributed by atoms with van der Waals surface area (Å²) in [7, 11) is 1.75. The third kappa shape index (κ3) is 4.40. The summed E-state index contributed by atoms with van der Waals surface area (Å²) in [4.78, 5) is 2.50. The van der Waals surface area contributed by atoms with Crippen LogP contribution in [0.1, 0.15) is 25.7 Å². The predicted molar refractivity (Wildman–Crippen MR) is 57.4 cm³/mol. The highest BCUT2D eigenvalue weighted by Crippen LogP contribution is 2.19. The summed E-state index contributed by atoms with van der Waals surface area (Å²) in [5, 5.41) is 8.88. The second-order valence-corrected chi connectivity index (χ2v) is 4.17. The third-order valence-electron chi connectivity index (χ3n) is 2.96. The summed E-state index contributed by atoms with van der Waals surface area (Å²) >= 11 is 0. The van der Waals surface area contributed by atoms with E-state index in [0.717, 1.165) is 31.9 Å². The minimum absolute atomic E-state index is 0.344. The molecule has 0 aromatic rings. The molecule has 0 saturated carbocycles.